The Labute approximate surface area is 180 Å². The first kappa shape index (κ1) is 22.7. The molecular formula is C22H24F5N3O2. The third-order valence-electron chi connectivity index (χ3n) is 7.13. The molecule has 3 N–H and O–H groups in total. The molecule has 0 saturated heterocycles. The minimum absolute atomic E-state index is 0.0292. The van der Waals surface area contributed by atoms with Crippen molar-refractivity contribution in [3.8, 4) is 0 Å². The van der Waals surface area contributed by atoms with Gasteiger partial charge in [0.1, 0.15) is 5.69 Å². The molecule has 32 heavy (non-hydrogen) atoms. The third kappa shape index (κ3) is 4.36. The van der Waals surface area contributed by atoms with E-state index < -0.39 is 41.2 Å². The number of carbonyl (C=O) groups excluding carboxylic acids is 1. The lowest BCUT2D eigenvalue weighted by Gasteiger charge is -2.43. The van der Waals surface area contributed by atoms with Gasteiger partial charge in [-0.25, -0.2) is 8.78 Å². The fourth-order valence-corrected chi connectivity index (χ4v) is 5.51. The molecule has 2 aliphatic carbocycles. The van der Waals surface area contributed by atoms with Gasteiger partial charge < -0.3 is 10.7 Å². The van der Waals surface area contributed by atoms with Crippen molar-refractivity contribution >= 4 is 16.8 Å². The standard InChI is InChI=1S/C22H24F5N3O2/c23-21(24)6-3-11(4-7-21)14-9-12(22(25,26)27)1-2-13(14)16-10-17(31)18-15(30-16)5-8-29-19(18)20(28)32/h5,8,10-14H,1-4,6-7,9H2,(H2,28,32)(H,30,31)/t12-,13?,14-/m1/s1. The van der Waals surface area contributed by atoms with Gasteiger partial charge in [0.15, 0.2) is 5.43 Å². The molecule has 0 radical (unpaired) electrons. The van der Waals surface area contributed by atoms with Crippen LogP contribution in [0.5, 0.6) is 0 Å². The molecule has 2 fully saturated rings. The van der Waals surface area contributed by atoms with Gasteiger partial charge in [0, 0.05) is 36.7 Å². The quantitative estimate of drug-likeness (QED) is 0.642. The molecule has 0 spiro atoms. The van der Waals surface area contributed by atoms with Crippen LogP contribution in [0.4, 0.5) is 22.0 Å². The van der Waals surface area contributed by atoms with Gasteiger partial charge in [-0.05, 0) is 50.0 Å². The van der Waals surface area contributed by atoms with E-state index in [4.69, 9.17) is 5.73 Å². The molecule has 2 aliphatic rings. The second-order valence-electron chi connectivity index (χ2n) is 9.05. The molecule has 174 valence electrons. The van der Waals surface area contributed by atoms with Gasteiger partial charge in [0.25, 0.3) is 5.91 Å². The summed E-state index contributed by atoms with van der Waals surface area (Å²) < 4.78 is 67.9. The number of halogens is 5. The van der Waals surface area contributed by atoms with Gasteiger partial charge in [-0.1, -0.05) is 0 Å². The summed E-state index contributed by atoms with van der Waals surface area (Å²) in [4.78, 5) is 31.4. The number of nitrogens with two attached hydrogens (primary N) is 1. The zero-order valence-corrected chi connectivity index (χ0v) is 17.2. The van der Waals surface area contributed by atoms with E-state index in [0.29, 0.717) is 11.2 Å². The molecule has 10 heteroatoms. The van der Waals surface area contributed by atoms with Crippen molar-refractivity contribution in [2.45, 2.75) is 63.0 Å². The minimum Gasteiger partial charge on any atom is -0.364 e. The highest BCUT2D eigenvalue weighted by molar-refractivity contribution is 6.03. The summed E-state index contributed by atoms with van der Waals surface area (Å²) >= 11 is 0. The number of aromatic nitrogens is 2. The van der Waals surface area contributed by atoms with Crippen molar-refractivity contribution in [2.24, 2.45) is 23.5 Å². The zero-order valence-electron chi connectivity index (χ0n) is 17.2. The predicted octanol–water partition coefficient (Wildman–Crippen LogP) is 4.91. The van der Waals surface area contributed by atoms with Crippen molar-refractivity contribution in [2.75, 3.05) is 0 Å². The van der Waals surface area contributed by atoms with Crippen LogP contribution in [-0.4, -0.2) is 28.0 Å². The number of primary amides is 1. The summed E-state index contributed by atoms with van der Waals surface area (Å²) in [7, 11) is 0. The van der Waals surface area contributed by atoms with Crippen LogP contribution in [0.2, 0.25) is 0 Å². The van der Waals surface area contributed by atoms with Gasteiger partial charge in [-0.2, -0.15) is 13.2 Å². The molecule has 2 heterocycles. The molecule has 2 saturated carbocycles. The summed E-state index contributed by atoms with van der Waals surface area (Å²) in [5, 5.41) is 0.0292. The van der Waals surface area contributed by atoms with Gasteiger partial charge >= 0.3 is 6.18 Å². The van der Waals surface area contributed by atoms with Crippen LogP contribution in [-0.2, 0) is 0 Å². The van der Waals surface area contributed by atoms with Gasteiger partial charge in [0.2, 0.25) is 5.92 Å². The number of aromatic amines is 1. The Bertz CT molecular complexity index is 1070. The van der Waals surface area contributed by atoms with Crippen molar-refractivity contribution in [1.29, 1.82) is 0 Å². The number of pyridine rings is 2. The van der Waals surface area contributed by atoms with Crippen LogP contribution in [0.1, 0.15) is 67.0 Å². The summed E-state index contributed by atoms with van der Waals surface area (Å²) in [5.41, 5.74) is 5.42. The summed E-state index contributed by atoms with van der Waals surface area (Å²) in [6.07, 6.45) is -3.41. The van der Waals surface area contributed by atoms with E-state index in [1.165, 1.54) is 18.3 Å². The third-order valence-corrected chi connectivity index (χ3v) is 7.13. The number of rotatable bonds is 3. The molecular weight excluding hydrogens is 433 g/mol. The number of nitrogens with zero attached hydrogens (tertiary/aromatic N) is 1. The van der Waals surface area contributed by atoms with Crippen LogP contribution in [0.15, 0.2) is 23.1 Å². The second-order valence-corrected chi connectivity index (χ2v) is 9.05. The zero-order chi connectivity index (χ0) is 23.3. The molecule has 2 aromatic rings. The maximum Gasteiger partial charge on any atom is 0.391 e. The largest absolute Gasteiger partial charge is 0.391 e. The van der Waals surface area contributed by atoms with E-state index in [0.717, 1.165) is 0 Å². The average molecular weight is 457 g/mol. The highest BCUT2D eigenvalue weighted by Crippen LogP contribution is 2.52. The Kier molecular flexibility index (Phi) is 5.75. The summed E-state index contributed by atoms with van der Waals surface area (Å²) in [5.74, 6) is -6.27. The molecule has 3 atom stereocenters. The number of hydrogen-bond donors (Lipinski definition) is 2. The lowest BCUT2D eigenvalue weighted by Crippen LogP contribution is -2.38. The number of nitrogens with one attached hydrogen (secondary N) is 1. The van der Waals surface area contributed by atoms with Crippen LogP contribution >= 0.6 is 0 Å². The first-order valence-corrected chi connectivity index (χ1v) is 10.7. The number of alkyl halides is 5. The number of fused-ring (bicyclic) bond motifs is 1. The molecule has 5 nitrogen and oxygen atoms in total. The van der Waals surface area contributed by atoms with Crippen LogP contribution < -0.4 is 11.2 Å². The molecule has 0 aromatic carbocycles. The number of carbonyl (C=O) groups is 1. The van der Waals surface area contributed by atoms with E-state index in [2.05, 4.69) is 9.97 Å². The van der Waals surface area contributed by atoms with E-state index in [1.54, 1.807) is 0 Å². The van der Waals surface area contributed by atoms with E-state index in [1.807, 2.05) is 0 Å². The smallest absolute Gasteiger partial charge is 0.364 e. The van der Waals surface area contributed by atoms with Crippen molar-refractivity contribution in [3.05, 3.63) is 39.9 Å². The highest BCUT2D eigenvalue weighted by atomic mass is 19.4. The molecule has 1 amide bonds. The van der Waals surface area contributed by atoms with E-state index in [9.17, 15) is 31.5 Å². The lowest BCUT2D eigenvalue weighted by atomic mass is 9.64. The summed E-state index contributed by atoms with van der Waals surface area (Å²) in [6.45, 7) is 0. The molecule has 4 rings (SSSR count). The van der Waals surface area contributed by atoms with Crippen molar-refractivity contribution in [1.82, 2.24) is 9.97 Å². The van der Waals surface area contributed by atoms with Crippen molar-refractivity contribution < 1.29 is 26.7 Å². The topological polar surface area (TPSA) is 88.8 Å². The maximum atomic E-state index is 13.7. The molecule has 2 aromatic heterocycles. The molecule has 0 aliphatic heterocycles. The fraction of sp³-hybridized carbons (Fsp3) is 0.591. The number of H-pyrrole nitrogens is 1. The number of hydrogen-bond acceptors (Lipinski definition) is 3. The SMILES string of the molecule is NC(=O)c1nccc2[nH]c(C3CC[C@@H](C(F)(F)F)C[C@@H]3C3CCC(F)(F)CC3)cc(=O)c12. The van der Waals surface area contributed by atoms with E-state index in [-0.39, 0.29) is 61.9 Å². The number of amides is 1. The first-order chi connectivity index (χ1) is 15.0. The fourth-order valence-electron chi connectivity index (χ4n) is 5.51. The van der Waals surface area contributed by atoms with Crippen molar-refractivity contribution in [3.63, 3.8) is 0 Å². The Hall–Kier alpha value is -2.52. The molecule has 1 unspecified atom stereocenters. The van der Waals surface area contributed by atoms with Gasteiger partial charge in [-0.15, -0.1) is 0 Å². The summed E-state index contributed by atoms with van der Waals surface area (Å²) in [6, 6.07) is 2.80. The van der Waals surface area contributed by atoms with Gasteiger partial charge in [-0.3, -0.25) is 14.6 Å². The van der Waals surface area contributed by atoms with Crippen LogP contribution in [0.3, 0.4) is 0 Å². The van der Waals surface area contributed by atoms with Crippen LogP contribution in [0, 0.1) is 17.8 Å². The second kappa shape index (κ2) is 8.12. The van der Waals surface area contributed by atoms with Gasteiger partial charge in [0.05, 0.1) is 16.8 Å². The Balaban J connectivity index is 1.72. The first-order valence-electron chi connectivity index (χ1n) is 10.7. The normalized spacial score (nSPS) is 26.8. The monoisotopic (exact) mass is 457 g/mol. The van der Waals surface area contributed by atoms with E-state index >= 15 is 0 Å². The van der Waals surface area contributed by atoms with Crippen LogP contribution in [0.25, 0.3) is 10.9 Å². The Morgan fingerprint density at radius 3 is 2.47 bits per heavy atom. The highest BCUT2D eigenvalue weighted by Gasteiger charge is 2.48. The predicted molar refractivity (Wildman–Crippen MR) is 107 cm³/mol. The average Bonchev–Trinajstić information content (AvgIpc) is 2.72. The molecule has 0 bridgehead atoms. The Morgan fingerprint density at radius 1 is 1.16 bits per heavy atom. The minimum atomic E-state index is -4.35. The lowest BCUT2D eigenvalue weighted by molar-refractivity contribution is -0.190. The Morgan fingerprint density at radius 2 is 1.84 bits per heavy atom. The maximum absolute atomic E-state index is 13.7.